The Balaban J connectivity index is 3.04. The Morgan fingerprint density at radius 1 is 0.378 bits per heavy atom. The van der Waals surface area contributed by atoms with Gasteiger partial charge in [0.25, 0.3) is 0 Å². The van der Waals surface area contributed by atoms with Crippen molar-refractivity contribution in [2.75, 3.05) is 126 Å². The normalized spacial score (nSPS) is 11.3. The highest BCUT2D eigenvalue weighted by molar-refractivity contribution is 5.69. The topological polar surface area (TPSA) is 109 Å². The molecule has 0 N–H and O–H groups in total. The van der Waals surface area contributed by atoms with Crippen LogP contribution in [0.25, 0.3) is 0 Å². The molecule has 0 bridgehead atoms. The van der Waals surface area contributed by atoms with E-state index in [1.54, 1.807) is 0 Å². The number of hydrogen-bond acceptors (Lipinski definition) is 11. The molecule has 0 amide bonds. The summed E-state index contributed by atoms with van der Waals surface area (Å²) in [5, 5.41) is 0. The predicted molar refractivity (Wildman–Crippen MR) is 138 cm³/mol. The summed E-state index contributed by atoms with van der Waals surface area (Å²) in [7, 11) is 0. The van der Waals surface area contributed by atoms with Crippen LogP contribution in [0.15, 0.2) is 0 Å². The standard InChI is InChI=1S/C26H52O11/c1-3-5-7-28-8-9-29-10-11-30-12-13-31-14-15-32-16-17-33-18-19-34-20-21-35-22-23-36-24-25-37-26(27)6-4-2/h3-25H2,1-2H3. The van der Waals surface area contributed by atoms with Crippen molar-refractivity contribution in [3.05, 3.63) is 0 Å². The highest BCUT2D eigenvalue weighted by atomic mass is 16.6. The Bertz CT molecular complexity index is 441. The molecule has 0 aliphatic rings. The van der Waals surface area contributed by atoms with Gasteiger partial charge < -0.3 is 47.4 Å². The molecule has 0 atom stereocenters. The second-order valence-corrected chi connectivity index (χ2v) is 7.84. The van der Waals surface area contributed by atoms with Gasteiger partial charge in [0.1, 0.15) is 6.61 Å². The zero-order valence-electron chi connectivity index (χ0n) is 23.3. The number of esters is 1. The lowest BCUT2D eigenvalue weighted by Gasteiger charge is -2.09. The van der Waals surface area contributed by atoms with Gasteiger partial charge in [-0.05, 0) is 12.8 Å². The molecular formula is C26H52O11. The van der Waals surface area contributed by atoms with Crippen molar-refractivity contribution in [2.45, 2.75) is 39.5 Å². The quantitative estimate of drug-likeness (QED) is 0.0926. The lowest BCUT2D eigenvalue weighted by molar-refractivity contribution is -0.145. The maximum atomic E-state index is 11.2. The third-order valence-corrected chi connectivity index (χ3v) is 4.56. The van der Waals surface area contributed by atoms with E-state index in [2.05, 4.69) is 6.92 Å². The lowest BCUT2D eigenvalue weighted by atomic mass is 10.3. The van der Waals surface area contributed by atoms with Crippen LogP contribution in [-0.4, -0.2) is 132 Å². The van der Waals surface area contributed by atoms with Gasteiger partial charge in [0.2, 0.25) is 0 Å². The first-order chi connectivity index (χ1) is 18.3. The molecule has 0 rings (SSSR count). The summed E-state index contributed by atoms with van der Waals surface area (Å²) < 4.78 is 53.7. The Morgan fingerprint density at radius 2 is 0.649 bits per heavy atom. The molecular weight excluding hydrogens is 488 g/mol. The average molecular weight is 541 g/mol. The van der Waals surface area contributed by atoms with Crippen LogP contribution in [-0.2, 0) is 52.2 Å². The molecule has 37 heavy (non-hydrogen) atoms. The van der Waals surface area contributed by atoms with E-state index >= 15 is 0 Å². The molecule has 222 valence electrons. The number of ether oxygens (including phenoxy) is 10. The van der Waals surface area contributed by atoms with Gasteiger partial charge in [-0.25, -0.2) is 0 Å². The molecule has 0 heterocycles. The van der Waals surface area contributed by atoms with Gasteiger partial charge in [0.15, 0.2) is 0 Å². The number of rotatable bonds is 32. The smallest absolute Gasteiger partial charge is 0.305 e. The SMILES string of the molecule is CCCCOCCOCCOCCOCCOCCOCCOCCOCCOCCOC(=O)CCC. The minimum atomic E-state index is -0.184. The summed E-state index contributed by atoms with van der Waals surface area (Å²) in [6.45, 7) is 14.0. The second-order valence-electron chi connectivity index (χ2n) is 7.84. The van der Waals surface area contributed by atoms with E-state index in [9.17, 15) is 4.79 Å². The molecule has 11 nitrogen and oxygen atoms in total. The molecule has 0 saturated carbocycles. The predicted octanol–water partition coefficient (Wildman–Crippen LogP) is 2.28. The number of unbranched alkanes of at least 4 members (excludes halogenated alkanes) is 1. The Morgan fingerprint density at radius 3 is 0.919 bits per heavy atom. The molecule has 0 radical (unpaired) electrons. The monoisotopic (exact) mass is 540 g/mol. The molecule has 0 aromatic rings. The van der Waals surface area contributed by atoms with Crippen LogP contribution in [0.2, 0.25) is 0 Å². The first kappa shape index (κ1) is 36.1. The van der Waals surface area contributed by atoms with Crippen LogP contribution in [0.4, 0.5) is 0 Å². The Hall–Kier alpha value is -0.890. The highest BCUT2D eigenvalue weighted by Crippen LogP contribution is 1.91. The van der Waals surface area contributed by atoms with E-state index in [1.165, 1.54) is 0 Å². The zero-order valence-corrected chi connectivity index (χ0v) is 23.3. The minimum absolute atomic E-state index is 0.184. The Kier molecular flexibility index (Phi) is 32.3. The van der Waals surface area contributed by atoms with Crippen LogP contribution in [0.3, 0.4) is 0 Å². The maximum absolute atomic E-state index is 11.2. The van der Waals surface area contributed by atoms with E-state index in [0.717, 1.165) is 25.9 Å². The lowest BCUT2D eigenvalue weighted by Crippen LogP contribution is -2.15. The summed E-state index contributed by atoms with van der Waals surface area (Å²) in [6, 6.07) is 0. The van der Waals surface area contributed by atoms with E-state index in [0.29, 0.717) is 119 Å². The molecule has 0 aromatic heterocycles. The first-order valence-corrected chi connectivity index (χ1v) is 13.7. The van der Waals surface area contributed by atoms with E-state index in [1.807, 2.05) is 6.92 Å². The van der Waals surface area contributed by atoms with Crippen LogP contribution >= 0.6 is 0 Å². The van der Waals surface area contributed by atoms with Crippen molar-refractivity contribution in [2.24, 2.45) is 0 Å². The third kappa shape index (κ3) is 33.1. The Labute approximate surface area is 223 Å². The van der Waals surface area contributed by atoms with E-state index in [-0.39, 0.29) is 12.6 Å². The van der Waals surface area contributed by atoms with Crippen molar-refractivity contribution in [1.82, 2.24) is 0 Å². The van der Waals surface area contributed by atoms with Gasteiger partial charge in [-0.1, -0.05) is 20.3 Å². The summed E-state index contributed by atoms with van der Waals surface area (Å²) in [4.78, 5) is 11.2. The fraction of sp³-hybridized carbons (Fsp3) is 0.962. The van der Waals surface area contributed by atoms with Crippen molar-refractivity contribution >= 4 is 5.97 Å². The fourth-order valence-electron chi connectivity index (χ4n) is 2.60. The molecule has 0 aliphatic heterocycles. The van der Waals surface area contributed by atoms with Crippen LogP contribution in [0.1, 0.15) is 39.5 Å². The first-order valence-electron chi connectivity index (χ1n) is 13.7. The van der Waals surface area contributed by atoms with Gasteiger partial charge >= 0.3 is 5.97 Å². The average Bonchev–Trinajstić information content (AvgIpc) is 2.90. The highest BCUT2D eigenvalue weighted by Gasteiger charge is 2.00. The van der Waals surface area contributed by atoms with E-state index < -0.39 is 0 Å². The van der Waals surface area contributed by atoms with Gasteiger partial charge in [-0.3, -0.25) is 4.79 Å². The van der Waals surface area contributed by atoms with Gasteiger partial charge in [0, 0.05) is 13.0 Å². The summed E-state index contributed by atoms with van der Waals surface area (Å²) in [6.07, 6.45) is 3.48. The summed E-state index contributed by atoms with van der Waals surface area (Å²) in [5.74, 6) is -0.184. The summed E-state index contributed by atoms with van der Waals surface area (Å²) >= 11 is 0. The van der Waals surface area contributed by atoms with Gasteiger partial charge in [0.05, 0.1) is 112 Å². The van der Waals surface area contributed by atoms with Crippen molar-refractivity contribution in [1.29, 1.82) is 0 Å². The fourth-order valence-corrected chi connectivity index (χ4v) is 2.60. The molecule has 0 unspecified atom stereocenters. The van der Waals surface area contributed by atoms with Crippen LogP contribution in [0.5, 0.6) is 0 Å². The van der Waals surface area contributed by atoms with Crippen LogP contribution < -0.4 is 0 Å². The van der Waals surface area contributed by atoms with Crippen molar-refractivity contribution in [3.63, 3.8) is 0 Å². The summed E-state index contributed by atoms with van der Waals surface area (Å²) in [5.41, 5.74) is 0. The van der Waals surface area contributed by atoms with Crippen molar-refractivity contribution in [3.8, 4) is 0 Å². The molecule has 0 spiro atoms. The third-order valence-electron chi connectivity index (χ3n) is 4.56. The molecule has 0 saturated heterocycles. The number of carbonyl (C=O) groups excluding carboxylic acids is 1. The number of carbonyl (C=O) groups is 1. The second kappa shape index (κ2) is 33.1. The van der Waals surface area contributed by atoms with E-state index in [4.69, 9.17) is 47.4 Å². The molecule has 11 heteroatoms. The zero-order chi connectivity index (χ0) is 26.9. The molecule has 0 aliphatic carbocycles. The minimum Gasteiger partial charge on any atom is -0.463 e. The molecule has 0 fully saturated rings. The molecule has 0 aromatic carbocycles. The van der Waals surface area contributed by atoms with Gasteiger partial charge in [-0.2, -0.15) is 0 Å². The maximum Gasteiger partial charge on any atom is 0.305 e. The van der Waals surface area contributed by atoms with Crippen LogP contribution in [0, 0.1) is 0 Å². The van der Waals surface area contributed by atoms with Crippen molar-refractivity contribution < 1.29 is 52.2 Å². The largest absolute Gasteiger partial charge is 0.463 e. The number of hydrogen-bond donors (Lipinski definition) is 0. The van der Waals surface area contributed by atoms with Gasteiger partial charge in [-0.15, -0.1) is 0 Å².